The zero-order valence-electron chi connectivity index (χ0n) is 10.1. The maximum Gasteiger partial charge on any atom is 0.226 e. The van der Waals surface area contributed by atoms with Crippen LogP contribution in [0.4, 0.5) is 0 Å². The van der Waals surface area contributed by atoms with E-state index < -0.39 is 5.60 Å². The van der Waals surface area contributed by atoms with Crippen LogP contribution in [-0.4, -0.2) is 29.5 Å². The van der Waals surface area contributed by atoms with Crippen molar-refractivity contribution >= 4 is 5.91 Å². The summed E-state index contributed by atoms with van der Waals surface area (Å²) in [6.07, 6.45) is -0.0325. The third kappa shape index (κ3) is 3.58. The van der Waals surface area contributed by atoms with E-state index >= 15 is 0 Å². The number of rotatable bonds is 4. The van der Waals surface area contributed by atoms with Gasteiger partial charge in [0.25, 0.3) is 0 Å². The highest BCUT2D eigenvalue weighted by Gasteiger charge is 2.27. The van der Waals surface area contributed by atoms with Crippen LogP contribution in [0.1, 0.15) is 18.9 Å². The second-order valence-corrected chi connectivity index (χ2v) is 4.22. The van der Waals surface area contributed by atoms with Crippen molar-refractivity contribution in [2.45, 2.75) is 18.9 Å². The first-order valence-electron chi connectivity index (χ1n) is 5.36. The molecule has 0 heterocycles. The van der Waals surface area contributed by atoms with Crippen LogP contribution in [0, 0.1) is 11.3 Å². The van der Waals surface area contributed by atoms with Crippen molar-refractivity contribution in [2.75, 3.05) is 13.6 Å². The largest absolute Gasteiger partial charge is 0.385 e. The molecule has 0 fully saturated rings. The number of hydrogen-bond donors (Lipinski definition) is 1. The lowest BCUT2D eigenvalue weighted by molar-refractivity contribution is -0.134. The van der Waals surface area contributed by atoms with Gasteiger partial charge in [0.1, 0.15) is 6.54 Å². The summed E-state index contributed by atoms with van der Waals surface area (Å²) >= 11 is 0. The summed E-state index contributed by atoms with van der Waals surface area (Å²) in [7, 11) is 1.55. The molecule has 0 aliphatic rings. The van der Waals surface area contributed by atoms with Crippen LogP contribution < -0.4 is 0 Å². The number of benzene rings is 1. The van der Waals surface area contributed by atoms with Crippen molar-refractivity contribution in [3.63, 3.8) is 0 Å². The van der Waals surface area contributed by atoms with Crippen molar-refractivity contribution in [2.24, 2.45) is 0 Å². The van der Waals surface area contributed by atoms with Crippen molar-refractivity contribution < 1.29 is 9.90 Å². The lowest BCUT2D eigenvalue weighted by Crippen LogP contribution is -2.34. The Bertz CT molecular complexity index is 421. The predicted molar refractivity (Wildman–Crippen MR) is 63.9 cm³/mol. The van der Waals surface area contributed by atoms with E-state index in [1.54, 1.807) is 26.1 Å². The smallest absolute Gasteiger partial charge is 0.226 e. The standard InChI is InChI=1S/C13H16N2O2/c1-13(17,11-6-4-3-5-7-11)10-12(16)15(2)9-8-14/h3-7,17H,9-10H2,1-2H3. The fourth-order valence-electron chi connectivity index (χ4n) is 1.52. The molecule has 4 nitrogen and oxygen atoms in total. The van der Waals surface area contributed by atoms with Crippen LogP contribution in [0.3, 0.4) is 0 Å². The third-order valence-electron chi connectivity index (χ3n) is 2.62. The van der Waals surface area contributed by atoms with Gasteiger partial charge < -0.3 is 10.0 Å². The Morgan fingerprint density at radius 1 is 1.47 bits per heavy atom. The average Bonchev–Trinajstić information content (AvgIpc) is 2.30. The summed E-state index contributed by atoms with van der Waals surface area (Å²) in [6.45, 7) is 1.63. The maximum absolute atomic E-state index is 11.7. The number of nitriles is 1. The molecule has 1 aromatic rings. The van der Waals surface area contributed by atoms with Crippen LogP contribution >= 0.6 is 0 Å². The molecule has 0 saturated carbocycles. The number of carbonyl (C=O) groups is 1. The van der Waals surface area contributed by atoms with Gasteiger partial charge in [-0.25, -0.2) is 0 Å². The summed E-state index contributed by atoms with van der Waals surface area (Å²) in [4.78, 5) is 13.0. The molecule has 90 valence electrons. The second kappa shape index (κ2) is 5.46. The lowest BCUT2D eigenvalue weighted by atomic mass is 9.92. The Morgan fingerprint density at radius 2 is 2.06 bits per heavy atom. The van der Waals surface area contributed by atoms with Gasteiger partial charge in [-0.2, -0.15) is 5.26 Å². The van der Waals surface area contributed by atoms with Crippen LogP contribution in [0.15, 0.2) is 30.3 Å². The van der Waals surface area contributed by atoms with Gasteiger partial charge in [0.15, 0.2) is 0 Å². The monoisotopic (exact) mass is 232 g/mol. The van der Waals surface area contributed by atoms with Gasteiger partial charge in [0, 0.05) is 7.05 Å². The van der Waals surface area contributed by atoms with Crippen LogP contribution in [0.2, 0.25) is 0 Å². The highest BCUT2D eigenvalue weighted by molar-refractivity contribution is 5.77. The van der Waals surface area contributed by atoms with Crippen molar-refractivity contribution in [3.05, 3.63) is 35.9 Å². The Labute approximate surface area is 101 Å². The minimum absolute atomic E-state index is 0.0315. The van der Waals surface area contributed by atoms with Crippen LogP contribution in [0.5, 0.6) is 0 Å². The Kier molecular flexibility index (Phi) is 4.24. The highest BCUT2D eigenvalue weighted by Crippen LogP contribution is 2.24. The fraction of sp³-hybridized carbons (Fsp3) is 0.385. The quantitative estimate of drug-likeness (QED) is 0.795. The normalized spacial score (nSPS) is 13.5. The first kappa shape index (κ1) is 13.2. The molecule has 0 saturated heterocycles. The zero-order valence-corrected chi connectivity index (χ0v) is 10.1. The van der Waals surface area contributed by atoms with Gasteiger partial charge in [0.2, 0.25) is 5.91 Å². The summed E-state index contributed by atoms with van der Waals surface area (Å²) < 4.78 is 0. The molecular formula is C13H16N2O2. The van der Waals surface area contributed by atoms with Crippen LogP contribution in [0.25, 0.3) is 0 Å². The first-order chi connectivity index (χ1) is 7.97. The molecule has 1 aromatic carbocycles. The van der Waals surface area contributed by atoms with Gasteiger partial charge in [-0.1, -0.05) is 30.3 Å². The number of aliphatic hydroxyl groups is 1. The Hall–Kier alpha value is -1.86. The number of carbonyl (C=O) groups excluding carboxylic acids is 1. The fourth-order valence-corrected chi connectivity index (χ4v) is 1.52. The molecule has 0 bridgehead atoms. The summed E-state index contributed by atoms with van der Waals surface area (Å²) in [6, 6.07) is 10.9. The van der Waals surface area contributed by atoms with Crippen molar-refractivity contribution in [1.29, 1.82) is 5.26 Å². The molecule has 1 atom stereocenters. The van der Waals surface area contributed by atoms with E-state index in [1.807, 2.05) is 24.3 Å². The van der Waals surface area contributed by atoms with E-state index in [2.05, 4.69) is 0 Å². The van der Waals surface area contributed by atoms with E-state index in [9.17, 15) is 9.90 Å². The highest BCUT2D eigenvalue weighted by atomic mass is 16.3. The predicted octanol–water partition coefficient (Wildman–Crippen LogP) is 1.27. The van der Waals surface area contributed by atoms with E-state index in [1.165, 1.54) is 4.90 Å². The second-order valence-electron chi connectivity index (χ2n) is 4.22. The zero-order chi connectivity index (χ0) is 12.9. The molecule has 17 heavy (non-hydrogen) atoms. The molecule has 0 aliphatic heterocycles. The minimum Gasteiger partial charge on any atom is -0.385 e. The van der Waals surface area contributed by atoms with Gasteiger partial charge in [-0.15, -0.1) is 0 Å². The molecule has 1 unspecified atom stereocenters. The van der Waals surface area contributed by atoms with E-state index in [-0.39, 0.29) is 18.9 Å². The SMILES string of the molecule is CN(CC#N)C(=O)CC(C)(O)c1ccccc1. The molecule has 0 spiro atoms. The minimum atomic E-state index is -1.21. The topological polar surface area (TPSA) is 64.3 Å². The van der Waals surface area contributed by atoms with Crippen molar-refractivity contribution in [1.82, 2.24) is 4.90 Å². The lowest BCUT2D eigenvalue weighted by Gasteiger charge is -2.25. The molecule has 0 aliphatic carbocycles. The molecule has 1 rings (SSSR count). The van der Waals surface area contributed by atoms with E-state index in [0.717, 1.165) is 0 Å². The number of amides is 1. The number of hydrogen-bond acceptors (Lipinski definition) is 3. The Balaban J connectivity index is 2.74. The van der Waals surface area contributed by atoms with Crippen molar-refractivity contribution in [3.8, 4) is 6.07 Å². The number of nitrogens with zero attached hydrogens (tertiary/aromatic N) is 2. The molecule has 0 radical (unpaired) electrons. The Morgan fingerprint density at radius 3 is 2.59 bits per heavy atom. The van der Waals surface area contributed by atoms with Gasteiger partial charge in [0.05, 0.1) is 18.1 Å². The first-order valence-corrected chi connectivity index (χ1v) is 5.36. The maximum atomic E-state index is 11.7. The summed E-state index contributed by atoms with van der Waals surface area (Å²) in [5.41, 5.74) is -0.513. The van der Waals surface area contributed by atoms with Gasteiger partial charge in [-0.3, -0.25) is 4.79 Å². The van der Waals surface area contributed by atoms with Crippen LogP contribution in [-0.2, 0) is 10.4 Å². The molecular weight excluding hydrogens is 216 g/mol. The van der Waals surface area contributed by atoms with Gasteiger partial charge in [-0.05, 0) is 12.5 Å². The van der Waals surface area contributed by atoms with E-state index in [4.69, 9.17) is 5.26 Å². The van der Waals surface area contributed by atoms with Gasteiger partial charge >= 0.3 is 0 Å². The summed E-state index contributed by atoms with van der Waals surface area (Å²) in [5, 5.41) is 18.7. The molecule has 1 amide bonds. The molecule has 4 heteroatoms. The molecule has 0 aromatic heterocycles. The summed E-state index contributed by atoms with van der Waals surface area (Å²) in [5.74, 6) is -0.250. The van der Waals surface area contributed by atoms with E-state index in [0.29, 0.717) is 5.56 Å². The third-order valence-corrected chi connectivity index (χ3v) is 2.62. The molecule has 1 N–H and O–H groups in total. The average molecular weight is 232 g/mol.